The first kappa shape index (κ1) is 17.0. The van der Waals surface area contributed by atoms with Crippen LogP contribution in [0.5, 0.6) is 0 Å². The molecule has 0 saturated carbocycles. The summed E-state index contributed by atoms with van der Waals surface area (Å²) in [6.45, 7) is 0.832. The Morgan fingerprint density at radius 1 is 1.35 bits per heavy atom. The maximum Gasteiger partial charge on any atom is 0.416 e. The third kappa shape index (κ3) is 4.79. The molecule has 1 unspecified atom stereocenters. The van der Waals surface area contributed by atoms with Crippen molar-refractivity contribution in [3.05, 3.63) is 35.4 Å². The lowest BCUT2D eigenvalue weighted by Crippen LogP contribution is -2.33. The second-order valence-electron chi connectivity index (χ2n) is 4.31. The number of hydrogen-bond acceptors (Lipinski definition) is 2. The fourth-order valence-electron chi connectivity index (χ4n) is 1.64. The fourth-order valence-corrected chi connectivity index (χ4v) is 2.33. The number of halogens is 4. The number of ether oxygens (including phenoxy) is 1. The molecule has 3 nitrogen and oxygen atoms in total. The van der Waals surface area contributed by atoms with Gasteiger partial charge in [0.2, 0.25) is 0 Å². The summed E-state index contributed by atoms with van der Waals surface area (Å²) in [6, 6.07) is 4.17. The zero-order valence-corrected chi connectivity index (χ0v) is 12.7. The second-order valence-corrected chi connectivity index (χ2v) is 5.61. The smallest absolute Gasteiger partial charge is 0.383 e. The first-order valence-corrected chi connectivity index (χ1v) is 6.73. The highest BCUT2D eigenvalue weighted by atomic mass is 79.9. The van der Waals surface area contributed by atoms with Crippen molar-refractivity contribution in [1.82, 2.24) is 4.90 Å². The van der Waals surface area contributed by atoms with Crippen LogP contribution < -0.4 is 0 Å². The van der Waals surface area contributed by atoms with Crippen LogP contribution in [-0.4, -0.2) is 42.9 Å². The van der Waals surface area contributed by atoms with Crippen molar-refractivity contribution in [2.45, 2.75) is 11.0 Å². The zero-order chi connectivity index (χ0) is 15.3. The number of methoxy groups -OCH3 is 1. The number of benzene rings is 1. The Hall–Kier alpha value is -1.08. The molecule has 0 saturated heterocycles. The minimum atomic E-state index is -4.40. The van der Waals surface area contributed by atoms with Crippen molar-refractivity contribution in [3.63, 3.8) is 0 Å². The van der Waals surface area contributed by atoms with Crippen LogP contribution in [0.3, 0.4) is 0 Å². The van der Waals surface area contributed by atoms with Crippen molar-refractivity contribution in [2.75, 3.05) is 27.3 Å². The van der Waals surface area contributed by atoms with Crippen LogP contribution in [0.25, 0.3) is 0 Å². The molecule has 0 bridgehead atoms. The van der Waals surface area contributed by atoms with E-state index in [2.05, 4.69) is 15.9 Å². The summed E-state index contributed by atoms with van der Waals surface area (Å²) in [5.74, 6) is -0.334. The van der Waals surface area contributed by atoms with E-state index in [1.54, 1.807) is 14.2 Å². The van der Waals surface area contributed by atoms with Gasteiger partial charge in [0.05, 0.1) is 17.0 Å². The number of alkyl halides is 4. The van der Waals surface area contributed by atoms with Gasteiger partial charge in [0.25, 0.3) is 5.91 Å². The van der Waals surface area contributed by atoms with Gasteiger partial charge in [0.1, 0.15) is 0 Å². The van der Waals surface area contributed by atoms with Gasteiger partial charge in [0.15, 0.2) is 0 Å². The van der Waals surface area contributed by atoms with Gasteiger partial charge in [-0.25, -0.2) is 0 Å². The first-order valence-electron chi connectivity index (χ1n) is 5.81. The number of amides is 1. The highest BCUT2D eigenvalue weighted by molar-refractivity contribution is 9.09. The Morgan fingerprint density at radius 3 is 2.35 bits per heavy atom. The summed E-state index contributed by atoms with van der Waals surface area (Å²) >= 11 is 3.35. The number of carbonyl (C=O) groups is 1. The van der Waals surface area contributed by atoms with Gasteiger partial charge in [0, 0.05) is 26.3 Å². The molecule has 7 heteroatoms. The van der Waals surface area contributed by atoms with E-state index < -0.39 is 11.7 Å². The van der Waals surface area contributed by atoms with Gasteiger partial charge in [-0.3, -0.25) is 4.79 Å². The summed E-state index contributed by atoms with van der Waals surface area (Å²) < 4.78 is 42.2. The highest BCUT2D eigenvalue weighted by Crippen LogP contribution is 2.29. The predicted molar refractivity (Wildman–Crippen MR) is 73.0 cm³/mol. The molecular weight excluding hydrogens is 339 g/mol. The van der Waals surface area contributed by atoms with Gasteiger partial charge < -0.3 is 9.64 Å². The largest absolute Gasteiger partial charge is 0.416 e. The lowest BCUT2D eigenvalue weighted by atomic mass is 10.1. The van der Waals surface area contributed by atoms with E-state index in [4.69, 9.17) is 4.74 Å². The topological polar surface area (TPSA) is 29.5 Å². The van der Waals surface area contributed by atoms with Crippen LogP contribution in [0, 0.1) is 0 Å². The van der Waals surface area contributed by atoms with Crippen molar-refractivity contribution in [3.8, 4) is 0 Å². The van der Waals surface area contributed by atoms with Gasteiger partial charge in [-0.05, 0) is 24.3 Å². The van der Waals surface area contributed by atoms with Gasteiger partial charge in [-0.2, -0.15) is 13.2 Å². The van der Waals surface area contributed by atoms with E-state index in [-0.39, 0.29) is 16.3 Å². The molecule has 1 rings (SSSR count). The van der Waals surface area contributed by atoms with E-state index in [0.717, 1.165) is 12.1 Å². The molecule has 0 spiro atoms. The molecule has 0 aliphatic rings. The van der Waals surface area contributed by atoms with Crippen molar-refractivity contribution in [1.29, 1.82) is 0 Å². The second kappa shape index (κ2) is 7.08. The Labute approximate surface area is 123 Å². The Bertz CT molecular complexity index is 448. The van der Waals surface area contributed by atoms with E-state index in [1.807, 2.05) is 0 Å². The van der Waals surface area contributed by atoms with Gasteiger partial charge >= 0.3 is 6.18 Å². The van der Waals surface area contributed by atoms with Gasteiger partial charge in [-0.1, -0.05) is 15.9 Å². The third-order valence-corrected chi connectivity index (χ3v) is 3.18. The maximum atomic E-state index is 12.4. The quantitative estimate of drug-likeness (QED) is 0.761. The molecule has 0 aliphatic carbocycles. The van der Waals surface area contributed by atoms with Crippen LogP contribution in [0.15, 0.2) is 24.3 Å². The lowest BCUT2D eigenvalue weighted by molar-refractivity contribution is -0.137. The molecular formula is C13H15BrF3NO2. The molecule has 0 N–H and O–H groups in total. The maximum absolute atomic E-state index is 12.4. The van der Waals surface area contributed by atoms with Crippen molar-refractivity contribution < 1.29 is 22.7 Å². The van der Waals surface area contributed by atoms with E-state index >= 15 is 0 Å². The van der Waals surface area contributed by atoms with Crippen molar-refractivity contribution in [2.24, 2.45) is 0 Å². The average Bonchev–Trinajstić information content (AvgIpc) is 2.37. The minimum absolute atomic E-state index is 0.0316. The molecule has 0 aliphatic heterocycles. The standard InChI is InChI=1S/C13H15BrF3NO2/c1-18(7-11(14)8-20-2)12(19)9-3-5-10(6-4-9)13(15,16)17/h3-6,11H,7-8H2,1-2H3. The molecule has 1 aromatic rings. The van der Waals surface area contributed by atoms with Crippen molar-refractivity contribution >= 4 is 21.8 Å². The summed E-state index contributed by atoms with van der Waals surface area (Å²) in [5.41, 5.74) is -0.549. The van der Waals surface area contributed by atoms with E-state index in [9.17, 15) is 18.0 Å². The first-order chi connectivity index (χ1) is 9.25. The molecule has 20 heavy (non-hydrogen) atoms. The van der Waals surface area contributed by atoms with Crippen LogP contribution in [-0.2, 0) is 10.9 Å². The Morgan fingerprint density at radius 2 is 1.90 bits per heavy atom. The molecule has 112 valence electrons. The monoisotopic (exact) mass is 353 g/mol. The zero-order valence-electron chi connectivity index (χ0n) is 11.1. The number of rotatable bonds is 5. The summed E-state index contributed by atoms with van der Waals surface area (Å²) in [5, 5.41) is 0. The minimum Gasteiger partial charge on any atom is -0.383 e. The molecule has 0 radical (unpaired) electrons. The highest BCUT2D eigenvalue weighted by Gasteiger charge is 2.30. The molecule has 0 fully saturated rings. The van der Waals surface area contributed by atoms with Crippen LogP contribution in [0.4, 0.5) is 13.2 Å². The Kier molecular flexibility index (Phi) is 6.01. The SMILES string of the molecule is COCC(Br)CN(C)C(=O)c1ccc(C(F)(F)F)cc1. The van der Waals surface area contributed by atoms with E-state index in [1.165, 1.54) is 17.0 Å². The normalized spacial score (nSPS) is 13.1. The number of hydrogen-bond donors (Lipinski definition) is 0. The fraction of sp³-hybridized carbons (Fsp3) is 0.462. The number of nitrogens with zero attached hydrogens (tertiary/aromatic N) is 1. The third-order valence-electron chi connectivity index (χ3n) is 2.63. The lowest BCUT2D eigenvalue weighted by Gasteiger charge is -2.20. The summed E-state index contributed by atoms with van der Waals surface area (Å²) in [7, 11) is 3.13. The van der Waals surface area contributed by atoms with Crippen LogP contribution in [0.2, 0.25) is 0 Å². The summed E-state index contributed by atoms with van der Waals surface area (Å²) in [6.07, 6.45) is -4.40. The van der Waals surface area contributed by atoms with Crippen LogP contribution >= 0.6 is 15.9 Å². The predicted octanol–water partition coefficient (Wildman–Crippen LogP) is 3.19. The summed E-state index contributed by atoms with van der Waals surface area (Å²) in [4.78, 5) is 13.4. The Balaban J connectivity index is 2.72. The number of carbonyl (C=O) groups excluding carboxylic acids is 1. The average molecular weight is 354 g/mol. The molecule has 1 amide bonds. The van der Waals surface area contributed by atoms with Gasteiger partial charge in [-0.15, -0.1) is 0 Å². The van der Waals surface area contributed by atoms with E-state index in [0.29, 0.717) is 13.2 Å². The molecule has 0 aromatic heterocycles. The van der Waals surface area contributed by atoms with Crippen LogP contribution in [0.1, 0.15) is 15.9 Å². The molecule has 0 heterocycles. The molecule has 1 atom stereocenters. The molecule has 1 aromatic carbocycles.